The molecular formula is C13H21NO. The number of amides is 1. The van der Waals surface area contributed by atoms with Crippen LogP contribution in [0.15, 0.2) is 25.3 Å². The van der Waals surface area contributed by atoms with Gasteiger partial charge >= 0.3 is 0 Å². The Morgan fingerprint density at radius 1 is 1.27 bits per heavy atom. The quantitative estimate of drug-likeness (QED) is 0.501. The zero-order chi connectivity index (χ0) is 11.1. The van der Waals surface area contributed by atoms with E-state index >= 15 is 0 Å². The van der Waals surface area contributed by atoms with Crippen molar-refractivity contribution in [1.29, 1.82) is 0 Å². The molecule has 0 heterocycles. The molecular weight excluding hydrogens is 186 g/mol. The topological polar surface area (TPSA) is 20.3 Å². The number of rotatable bonds is 5. The van der Waals surface area contributed by atoms with Crippen LogP contribution in [0.1, 0.15) is 38.5 Å². The molecule has 15 heavy (non-hydrogen) atoms. The van der Waals surface area contributed by atoms with Crippen molar-refractivity contribution in [2.45, 2.75) is 44.6 Å². The maximum atomic E-state index is 11.7. The lowest BCUT2D eigenvalue weighted by Gasteiger charge is -2.33. The van der Waals surface area contributed by atoms with Gasteiger partial charge < -0.3 is 4.90 Å². The summed E-state index contributed by atoms with van der Waals surface area (Å²) in [5.74, 6) is 0.0729. The SMILES string of the molecule is C=CCCN(C(=O)C=C)C1CCCCC1. The van der Waals surface area contributed by atoms with Crippen LogP contribution >= 0.6 is 0 Å². The van der Waals surface area contributed by atoms with Crippen LogP contribution in [0.2, 0.25) is 0 Å². The van der Waals surface area contributed by atoms with Crippen LogP contribution in [0, 0.1) is 0 Å². The second kappa shape index (κ2) is 6.44. The first-order valence-corrected chi connectivity index (χ1v) is 5.83. The molecule has 0 N–H and O–H groups in total. The predicted molar refractivity (Wildman–Crippen MR) is 63.6 cm³/mol. The van der Waals surface area contributed by atoms with Gasteiger partial charge in [-0.1, -0.05) is 31.9 Å². The lowest BCUT2D eigenvalue weighted by molar-refractivity contribution is -0.128. The van der Waals surface area contributed by atoms with Crippen molar-refractivity contribution in [1.82, 2.24) is 4.90 Å². The Kier molecular flexibility index (Phi) is 5.16. The van der Waals surface area contributed by atoms with Crippen molar-refractivity contribution in [2.75, 3.05) is 6.54 Å². The van der Waals surface area contributed by atoms with Crippen LogP contribution in [0.4, 0.5) is 0 Å². The molecule has 0 aromatic carbocycles. The van der Waals surface area contributed by atoms with Crippen molar-refractivity contribution in [3.63, 3.8) is 0 Å². The van der Waals surface area contributed by atoms with Crippen LogP contribution < -0.4 is 0 Å². The lowest BCUT2D eigenvalue weighted by Crippen LogP contribution is -2.41. The van der Waals surface area contributed by atoms with Crippen LogP contribution in [0.5, 0.6) is 0 Å². The molecule has 1 fully saturated rings. The molecule has 0 bridgehead atoms. The molecule has 1 aliphatic rings. The number of hydrogen-bond donors (Lipinski definition) is 0. The van der Waals surface area contributed by atoms with Gasteiger partial charge in [0.2, 0.25) is 5.91 Å². The van der Waals surface area contributed by atoms with Crippen molar-refractivity contribution in [3.05, 3.63) is 25.3 Å². The van der Waals surface area contributed by atoms with Gasteiger partial charge in [-0.25, -0.2) is 0 Å². The maximum absolute atomic E-state index is 11.7. The summed E-state index contributed by atoms with van der Waals surface area (Å²) in [4.78, 5) is 13.7. The lowest BCUT2D eigenvalue weighted by atomic mass is 9.94. The third-order valence-electron chi connectivity index (χ3n) is 3.05. The number of nitrogens with zero attached hydrogens (tertiary/aromatic N) is 1. The minimum atomic E-state index is 0.0729. The fourth-order valence-corrected chi connectivity index (χ4v) is 2.21. The third-order valence-corrected chi connectivity index (χ3v) is 3.05. The first-order valence-electron chi connectivity index (χ1n) is 5.83. The molecule has 0 aromatic rings. The van der Waals surface area contributed by atoms with Crippen molar-refractivity contribution < 1.29 is 4.79 Å². The average molecular weight is 207 g/mol. The van der Waals surface area contributed by atoms with Gasteiger partial charge in [0.25, 0.3) is 0 Å². The molecule has 1 rings (SSSR count). The van der Waals surface area contributed by atoms with Crippen molar-refractivity contribution >= 4 is 5.91 Å². The van der Waals surface area contributed by atoms with E-state index < -0.39 is 0 Å². The highest BCUT2D eigenvalue weighted by Crippen LogP contribution is 2.23. The molecule has 1 aliphatic carbocycles. The Bertz CT molecular complexity index is 229. The van der Waals surface area contributed by atoms with Crippen molar-refractivity contribution in [2.24, 2.45) is 0 Å². The standard InChI is InChI=1S/C13H21NO/c1-3-5-11-14(13(15)4-2)12-9-7-6-8-10-12/h3-4,12H,1-2,5-11H2. The highest BCUT2D eigenvalue weighted by molar-refractivity contribution is 5.87. The van der Waals surface area contributed by atoms with Gasteiger partial charge in [0, 0.05) is 12.6 Å². The molecule has 0 aliphatic heterocycles. The fraction of sp³-hybridized carbons (Fsp3) is 0.615. The molecule has 2 heteroatoms. The number of carbonyl (C=O) groups excluding carboxylic acids is 1. The fourth-order valence-electron chi connectivity index (χ4n) is 2.21. The first kappa shape index (κ1) is 12.0. The Balaban J connectivity index is 2.56. The van der Waals surface area contributed by atoms with Gasteiger partial charge in [0.15, 0.2) is 0 Å². The summed E-state index contributed by atoms with van der Waals surface area (Å²) in [5.41, 5.74) is 0. The summed E-state index contributed by atoms with van der Waals surface area (Å²) < 4.78 is 0. The molecule has 2 nitrogen and oxygen atoms in total. The minimum Gasteiger partial charge on any atom is -0.336 e. The molecule has 0 spiro atoms. The van der Waals surface area contributed by atoms with E-state index in [1.807, 2.05) is 11.0 Å². The highest BCUT2D eigenvalue weighted by atomic mass is 16.2. The second-order valence-corrected chi connectivity index (χ2v) is 4.10. The average Bonchev–Trinajstić information content (AvgIpc) is 2.30. The van der Waals surface area contributed by atoms with E-state index in [9.17, 15) is 4.79 Å². The largest absolute Gasteiger partial charge is 0.336 e. The van der Waals surface area contributed by atoms with Crippen LogP contribution in [0.3, 0.4) is 0 Å². The molecule has 0 aromatic heterocycles. The number of carbonyl (C=O) groups is 1. The van der Waals surface area contributed by atoms with E-state index in [4.69, 9.17) is 0 Å². The van der Waals surface area contributed by atoms with Gasteiger partial charge in [-0.3, -0.25) is 4.79 Å². The van der Waals surface area contributed by atoms with Gasteiger partial charge in [-0.2, -0.15) is 0 Å². The Morgan fingerprint density at radius 3 is 2.47 bits per heavy atom. The summed E-state index contributed by atoms with van der Waals surface area (Å²) in [6.45, 7) is 8.06. The van der Waals surface area contributed by atoms with E-state index in [0.717, 1.165) is 25.8 Å². The van der Waals surface area contributed by atoms with Crippen LogP contribution in [0.25, 0.3) is 0 Å². The monoisotopic (exact) mass is 207 g/mol. The molecule has 1 amide bonds. The third kappa shape index (κ3) is 3.54. The van der Waals surface area contributed by atoms with Gasteiger partial charge in [-0.05, 0) is 25.3 Å². The molecule has 84 valence electrons. The maximum Gasteiger partial charge on any atom is 0.246 e. The molecule has 0 unspecified atom stereocenters. The summed E-state index contributed by atoms with van der Waals surface area (Å²) >= 11 is 0. The second-order valence-electron chi connectivity index (χ2n) is 4.10. The van der Waals surface area contributed by atoms with Crippen molar-refractivity contribution in [3.8, 4) is 0 Å². The molecule has 0 saturated heterocycles. The smallest absolute Gasteiger partial charge is 0.246 e. The van der Waals surface area contributed by atoms with Gasteiger partial charge in [0.1, 0.15) is 0 Å². The zero-order valence-corrected chi connectivity index (χ0v) is 9.45. The van der Waals surface area contributed by atoms with Crippen LogP contribution in [-0.2, 0) is 4.79 Å². The van der Waals surface area contributed by atoms with E-state index in [1.54, 1.807) is 0 Å². The number of hydrogen-bond acceptors (Lipinski definition) is 1. The molecule has 0 atom stereocenters. The van der Waals surface area contributed by atoms with Crippen LogP contribution in [-0.4, -0.2) is 23.4 Å². The highest BCUT2D eigenvalue weighted by Gasteiger charge is 2.22. The Morgan fingerprint density at radius 2 is 1.93 bits per heavy atom. The zero-order valence-electron chi connectivity index (χ0n) is 9.45. The summed E-state index contributed by atoms with van der Waals surface area (Å²) in [6, 6.07) is 0.434. The Labute approximate surface area is 92.7 Å². The Hall–Kier alpha value is -1.05. The predicted octanol–water partition coefficient (Wildman–Crippen LogP) is 2.91. The van der Waals surface area contributed by atoms with E-state index in [1.165, 1.54) is 25.3 Å². The summed E-state index contributed by atoms with van der Waals surface area (Å²) in [6.07, 6.45) is 10.3. The van der Waals surface area contributed by atoms with E-state index in [2.05, 4.69) is 13.2 Å². The normalized spacial score (nSPS) is 17.1. The summed E-state index contributed by atoms with van der Waals surface area (Å²) in [7, 11) is 0. The van der Waals surface area contributed by atoms with E-state index in [-0.39, 0.29) is 5.91 Å². The minimum absolute atomic E-state index is 0.0729. The summed E-state index contributed by atoms with van der Waals surface area (Å²) in [5, 5.41) is 0. The molecule has 1 saturated carbocycles. The van der Waals surface area contributed by atoms with Gasteiger partial charge in [0.05, 0.1) is 0 Å². The van der Waals surface area contributed by atoms with Gasteiger partial charge in [-0.15, -0.1) is 6.58 Å². The first-order chi connectivity index (χ1) is 7.29. The molecule has 0 radical (unpaired) electrons. The van der Waals surface area contributed by atoms with E-state index in [0.29, 0.717) is 6.04 Å².